The van der Waals surface area contributed by atoms with Gasteiger partial charge in [-0.15, -0.1) is 0 Å². The molecule has 108 valence electrons. The van der Waals surface area contributed by atoms with Gasteiger partial charge in [0.2, 0.25) is 5.09 Å². The molecule has 2 rings (SSSR count). The molecule has 1 heterocycles. The van der Waals surface area contributed by atoms with Gasteiger partial charge in [0, 0.05) is 6.04 Å². The Kier molecular flexibility index (Phi) is 4.32. The van der Waals surface area contributed by atoms with E-state index >= 15 is 0 Å². The highest BCUT2D eigenvalue weighted by Gasteiger charge is 2.29. The molecule has 3 atom stereocenters. The average molecular weight is 286 g/mol. The van der Waals surface area contributed by atoms with Crippen LogP contribution in [0.4, 0.5) is 0 Å². The molecule has 0 bridgehead atoms. The standard InChI is InChI=1S/C13H22N2O3S/c1-9-3-4-11(7-10(9)2)15-19(16,17)13-6-5-12(8-14)18-13/h5-6,9-11,15H,3-4,7-8,14H2,1-2H3. The second kappa shape index (κ2) is 5.64. The van der Waals surface area contributed by atoms with E-state index in [0.29, 0.717) is 17.6 Å². The fourth-order valence-corrected chi connectivity index (χ4v) is 3.78. The molecule has 1 aromatic rings. The van der Waals surface area contributed by atoms with Crippen LogP contribution in [0.15, 0.2) is 21.6 Å². The molecule has 3 unspecified atom stereocenters. The average Bonchev–Trinajstić information content (AvgIpc) is 2.83. The third-order valence-electron chi connectivity index (χ3n) is 4.02. The van der Waals surface area contributed by atoms with Crippen LogP contribution in [0.25, 0.3) is 0 Å². The Morgan fingerprint density at radius 2 is 2.05 bits per heavy atom. The van der Waals surface area contributed by atoms with E-state index in [9.17, 15) is 8.42 Å². The number of nitrogens with one attached hydrogen (secondary N) is 1. The van der Waals surface area contributed by atoms with Gasteiger partial charge in [-0.25, -0.2) is 13.1 Å². The summed E-state index contributed by atoms with van der Waals surface area (Å²) < 4.78 is 32.3. The summed E-state index contributed by atoms with van der Waals surface area (Å²) in [6.07, 6.45) is 2.82. The van der Waals surface area contributed by atoms with Gasteiger partial charge in [0.15, 0.2) is 0 Å². The topological polar surface area (TPSA) is 85.3 Å². The Morgan fingerprint density at radius 3 is 2.63 bits per heavy atom. The molecule has 0 spiro atoms. The zero-order valence-corrected chi connectivity index (χ0v) is 12.2. The maximum Gasteiger partial charge on any atom is 0.274 e. The third kappa shape index (κ3) is 3.38. The third-order valence-corrected chi connectivity index (χ3v) is 5.42. The van der Waals surface area contributed by atoms with Crippen molar-refractivity contribution in [3.05, 3.63) is 17.9 Å². The first kappa shape index (κ1) is 14.6. The first-order valence-corrected chi connectivity index (χ1v) is 8.22. The first-order valence-electron chi connectivity index (χ1n) is 6.73. The van der Waals surface area contributed by atoms with E-state index in [2.05, 4.69) is 18.6 Å². The van der Waals surface area contributed by atoms with Gasteiger partial charge in [0.05, 0.1) is 6.54 Å². The van der Waals surface area contributed by atoms with Crippen LogP contribution < -0.4 is 10.5 Å². The number of sulfonamides is 1. The predicted molar refractivity (Wildman–Crippen MR) is 72.9 cm³/mol. The molecule has 1 aliphatic rings. The number of hydrogen-bond donors (Lipinski definition) is 2. The molecular weight excluding hydrogens is 264 g/mol. The highest BCUT2D eigenvalue weighted by molar-refractivity contribution is 7.89. The van der Waals surface area contributed by atoms with Crippen LogP contribution in [0.3, 0.4) is 0 Å². The highest BCUT2D eigenvalue weighted by Crippen LogP contribution is 2.30. The maximum absolute atomic E-state index is 12.2. The summed E-state index contributed by atoms with van der Waals surface area (Å²) in [5, 5.41) is -0.0424. The van der Waals surface area contributed by atoms with Crippen molar-refractivity contribution < 1.29 is 12.8 Å². The fourth-order valence-electron chi connectivity index (χ4n) is 2.54. The van der Waals surface area contributed by atoms with Gasteiger partial charge in [-0.1, -0.05) is 13.8 Å². The van der Waals surface area contributed by atoms with Crippen LogP contribution in [0.2, 0.25) is 0 Å². The minimum absolute atomic E-state index is 0.00243. The van der Waals surface area contributed by atoms with Crippen molar-refractivity contribution in [2.75, 3.05) is 0 Å². The van der Waals surface area contributed by atoms with Crippen LogP contribution in [-0.4, -0.2) is 14.5 Å². The van der Waals surface area contributed by atoms with Crippen molar-refractivity contribution in [1.82, 2.24) is 4.72 Å². The summed E-state index contributed by atoms with van der Waals surface area (Å²) in [6.45, 7) is 4.59. The molecule has 0 amide bonds. The molecule has 6 heteroatoms. The van der Waals surface area contributed by atoms with Gasteiger partial charge in [0.25, 0.3) is 10.0 Å². The van der Waals surface area contributed by atoms with Crippen LogP contribution in [0, 0.1) is 11.8 Å². The van der Waals surface area contributed by atoms with E-state index in [0.717, 1.165) is 19.3 Å². The summed E-state index contributed by atoms with van der Waals surface area (Å²) in [6, 6.07) is 3.06. The lowest BCUT2D eigenvalue weighted by Crippen LogP contribution is -2.39. The molecule has 1 aliphatic carbocycles. The molecule has 3 N–H and O–H groups in total. The zero-order chi connectivity index (χ0) is 14.0. The molecule has 1 fully saturated rings. The number of nitrogens with two attached hydrogens (primary N) is 1. The molecule has 0 aromatic carbocycles. The van der Waals surface area contributed by atoms with Crippen molar-refractivity contribution in [2.45, 2.75) is 50.8 Å². The molecular formula is C13H22N2O3S. The van der Waals surface area contributed by atoms with Gasteiger partial charge in [-0.05, 0) is 43.2 Å². The Balaban J connectivity index is 2.05. The van der Waals surface area contributed by atoms with Crippen LogP contribution in [0.5, 0.6) is 0 Å². The zero-order valence-electron chi connectivity index (χ0n) is 11.4. The van der Waals surface area contributed by atoms with Gasteiger partial charge in [0.1, 0.15) is 5.76 Å². The van der Waals surface area contributed by atoms with E-state index < -0.39 is 10.0 Å². The lowest BCUT2D eigenvalue weighted by atomic mass is 9.79. The maximum atomic E-state index is 12.2. The first-order chi connectivity index (χ1) is 8.92. The second-order valence-electron chi connectivity index (χ2n) is 5.51. The SMILES string of the molecule is CC1CCC(NS(=O)(=O)c2ccc(CN)o2)CC1C. The highest BCUT2D eigenvalue weighted by atomic mass is 32.2. The second-order valence-corrected chi connectivity index (χ2v) is 7.16. The molecule has 0 radical (unpaired) electrons. The normalized spacial score (nSPS) is 28.5. The van der Waals surface area contributed by atoms with Crippen molar-refractivity contribution in [3.8, 4) is 0 Å². The summed E-state index contributed by atoms with van der Waals surface area (Å²) in [7, 11) is -3.56. The van der Waals surface area contributed by atoms with E-state index in [1.807, 2.05) is 0 Å². The summed E-state index contributed by atoms with van der Waals surface area (Å²) in [5.41, 5.74) is 5.42. The Hall–Kier alpha value is -0.850. The smallest absolute Gasteiger partial charge is 0.274 e. The molecule has 0 aliphatic heterocycles. The van der Waals surface area contributed by atoms with E-state index in [-0.39, 0.29) is 17.7 Å². The van der Waals surface area contributed by atoms with Gasteiger partial charge >= 0.3 is 0 Å². The molecule has 5 nitrogen and oxygen atoms in total. The lowest BCUT2D eigenvalue weighted by molar-refractivity contribution is 0.241. The quantitative estimate of drug-likeness (QED) is 0.884. The number of hydrogen-bond acceptors (Lipinski definition) is 4. The van der Waals surface area contributed by atoms with Gasteiger partial charge in [-0.2, -0.15) is 0 Å². The Morgan fingerprint density at radius 1 is 1.32 bits per heavy atom. The summed E-state index contributed by atoms with van der Waals surface area (Å²) in [5.74, 6) is 1.68. The minimum atomic E-state index is -3.56. The van der Waals surface area contributed by atoms with E-state index in [4.69, 9.17) is 10.2 Å². The van der Waals surface area contributed by atoms with Crippen LogP contribution in [-0.2, 0) is 16.6 Å². The van der Waals surface area contributed by atoms with Crippen LogP contribution in [0.1, 0.15) is 38.9 Å². The molecule has 1 aromatic heterocycles. The monoisotopic (exact) mass is 286 g/mol. The molecule has 1 saturated carbocycles. The Labute approximate surface area is 114 Å². The Bertz CT molecular complexity index is 524. The fraction of sp³-hybridized carbons (Fsp3) is 0.692. The van der Waals surface area contributed by atoms with Crippen LogP contribution >= 0.6 is 0 Å². The lowest BCUT2D eigenvalue weighted by Gasteiger charge is -2.32. The van der Waals surface area contributed by atoms with Crippen molar-refractivity contribution in [1.29, 1.82) is 0 Å². The minimum Gasteiger partial charge on any atom is -0.447 e. The summed E-state index contributed by atoms with van der Waals surface area (Å²) in [4.78, 5) is 0. The van der Waals surface area contributed by atoms with Crippen molar-refractivity contribution in [2.24, 2.45) is 17.6 Å². The predicted octanol–water partition coefficient (Wildman–Crippen LogP) is 1.84. The largest absolute Gasteiger partial charge is 0.447 e. The van der Waals surface area contributed by atoms with E-state index in [1.165, 1.54) is 6.07 Å². The number of rotatable bonds is 4. The van der Waals surface area contributed by atoms with E-state index in [1.54, 1.807) is 6.07 Å². The summed E-state index contributed by atoms with van der Waals surface area (Å²) >= 11 is 0. The van der Waals surface area contributed by atoms with Crippen molar-refractivity contribution in [3.63, 3.8) is 0 Å². The molecule has 0 saturated heterocycles. The van der Waals surface area contributed by atoms with Gasteiger partial charge < -0.3 is 10.2 Å². The van der Waals surface area contributed by atoms with Gasteiger partial charge in [-0.3, -0.25) is 0 Å². The van der Waals surface area contributed by atoms with Crippen molar-refractivity contribution >= 4 is 10.0 Å². The number of furan rings is 1. The molecule has 19 heavy (non-hydrogen) atoms.